The number of hydrogen-bond acceptors (Lipinski definition) is 7. The van der Waals surface area contributed by atoms with Crippen molar-refractivity contribution in [1.29, 1.82) is 0 Å². The zero-order chi connectivity index (χ0) is 20.4. The van der Waals surface area contributed by atoms with Crippen LogP contribution >= 0.6 is 0 Å². The smallest absolute Gasteiger partial charge is 0.255 e. The summed E-state index contributed by atoms with van der Waals surface area (Å²) < 4.78 is 11.2. The van der Waals surface area contributed by atoms with Crippen LogP contribution in [-0.4, -0.2) is 75.2 Å². The summed E-state index contributed by atoms with van der Waals surface area (Å²) in [5.74, 6) is -0.214. The quantitative estimate of drug-likeness (QED) is 0.506. The number of amides is 3. The lowest BCUT2D eigenvalue weighted by atomic mass is 10.0. The molecule has 2 N–H and O–H groups in total. The second-order valence-electron chi connectivity index (χ2n) is 7.42. The topological polar surface area (TPSA) is 100 Å². The van der Waals surface area contributed by atoms with Gasteiger partial charge in [-0.2, -0.15) is 0 Å². The Labute approximate surface area is 169 Å². The molecule has 3 aliphatic rings. The minimum atomic E-state index is -0.637. The van der Waals surface area contributed by atoms with Crippen LogP contribution < -0.4 is 20.3 Å². The second-order valence-corrected chi connectivity index (χ2v) is 7.42. The van der Waals surface area contributed by atoms with Crippen molar-refractivity contribution in [2.45, 2.75) is 25.4 Å². The molecule has 0 bridgehead atoms. The number of methoxy groups -OCH3 is 1. The molecule has 0 radical (unpaired) electrons. The predicted octanol–water partition coefficient (Wildman–Crippen LogP) is -0.118. The van der Waals surface area contributed by atoms with Crippen LogP contribution in [0.5, 0.6) is 5.75 Å². The van der Waals surface area contributed by atoms with E-state index in [4.69, 9.17) is 9.47 Å². The second kappa shape index (κ2) is 8.38. The molecule has 0 aliphatic carbocycles. The Hall–Kier alpha value is -2.65. The molecule has 1 unspecified atom stereocenters. The van der Waals surface area contributed by atoms with Gasteiger partial charge >= 0.3 is 0 Å². The van der Waals surface area contributed by atoms with E-state index in [0.29, 0.717) is 37.5 Å². The summed E-state index contributed by atoms with van der Waals surface area (Å²) in [5.41, 5.74) is 2.31. The first-order chi connectivity index (χ1) is 14.1. The summed E-state index contributed by atoms with van der Waals surface area (Å²) in [6.45, 7) is 4.58. The minimum absolute atomic E-state index is 0.196. The third-order valence-electron chi connectivity index (χ3n) is 5.64. The molecule has 1 aromatic carbocycles. The van der Waals surface area contributed by atoms with Gasteiger partial charge in [0.1, 0.15) is 18.4 Å². The number of ether oxygens (including phenoxy) is 2. The molecule has 3 heterocycles. The zero-order valence-corrected chi connectivity index (χ0v) is 16.5. The van der Waals surface area contributed by atoms with E-state index in [2.05, 4.69) is 15.5 Å². The number of imide groups is 1. The SMILES string of the molecule is COCCOc1c(N2CCNCC2)ccc2c1CN(C1CCC(=O)NC1=O)C2=O. The lowest BCUT2D eigenvalue weighted by Crippen LogP contribution is -2.52. The summed E-state index contributed by atoms with van der Waals surface area (Å²) in [5, 5.41) is 5.68. The number of carbonyl (C=O) groups excluding carboxylic acids is 3. The number of carbonyl (C=O) groups is 3. The van der Waals surface area contributed by atoms with Crippen LogP contribution in [0.15, 0.2) is 12.1 Å². The zero-order valence-electron chi connectivity index (χ0n) is 16.5. The molecule has 3 amide bonds. The number of anilines is 1. The van der Waals surface area contributed by atoms with E-state index in [0.717, 1.165) is 37.4 Å². The van der Waals surface area contributed by atoms with E-state index >= 15 is 0 Å². The van der Waals surface area contributed by atoms with Crippen molar-refractivity contribution >= 4 is 23.4 Å². The van der Waals surface area contributed by atoms with Gasteiger partial charge in [0.05, 0.1) is 18.8 Å². The van der Waals surface area contributed by atoms with E-state index in [9.17, 15) is 14.4 Å². The molecular weight excluding hydrogens is 376 g/mol. The number of nitrogens with one attached hydrogen (secondary N) is 2. The first-order valence-electron chi connectivity index (χ1n) is 9.98. The molecular formula is C20H26N4O5. The molecule has 156 valence electrons. The molecule has 0 saturated carbocycles. The molecule has 1 atom stereocenters. The maximum absolute atomic E-state index is 13.1. The van der Waals surface area contributed by atoms with Gasteiger partial charge in [-0.05, 0) is 18.6 Å². The van der Waals surface area contributed by atoms with E-state index in [1.807, 2.05) is 12.1 Å². The van der Waals surface area contributed by atoms with Crippen molar-refractivity contribution in [2.75, 3.05) is 51.4 Å². The van der Waals surface area contributed by atoms with Crippen molar-refractivity contribution in [3.8, 4) is 5.75 Å². The number of benzene rings is 1. The average molecular weight is 402 g/mol. The molecule has 3 aliphatic heterocycles. The Morgan fingerprint density at radius 3 is 2.66 bits per heavy atom. The monoisotopic (exact) mass is 402 g/mol. The fraction of sp³-hybridized carbons (Fsp3) is 0.550. The predicted molar refractivity (Wildman–Crippen MR) is 105 cm³/mol. The fourth-order valence-electron chi connectivity index (χ4n) is 4.14. The highest BCUT2D eigenvalue weighted by Gasteiger charge is 2.41. The normalized spacial score (nSPS) is 22.0. The van der Waals surface area contributed by atoms with Crippen LogP contribution in [-0.2, 0) is 20.9 Å². The molecule has 9 nitrogen and oxygen atoms in total. The largest absolute Gasteiger partial charge is 0.489 e. The summed E-state index contributed by atoms with van der Waals surface area (Å²) in [4.78, 5) is 40.6. The number of rotatable bonds is 6. The Kier molecular flexibility index (Phi) is 5.68. The molecule has 2 fully saturated rings. The number of fused-ring (bicyclic) bond motifs is 1. The number of piperazine rings is 1. The third-order valence-corrected chi connectivity index (χ3v) is 5.64. The number of nitrogens with zero attached hydrogens (tertiary/aromatic N) is 2. The fourth-order valence-corrected chi connectivity index (χ4v) is 4.14. The Morgan fingerprint density at radius 1 is 1.14 bits per heavy atom. The highest BCUT2D eigenvalue weighted by Crippen LogP contribution is 2.40. The van der Waals surface area contributed by atoms with Gasteiger partial charge in [-0.25, -0.2) is 0 Å². The van der Waals surface area contributed by atoms with Crippen molar-refractivity contribution in [1.82, 2.24) is 15.5 Å². The van der Waals surface area contributed by atoms with Crippen molar-refractivity contribution in [3.05, 3.63) is 23.3 Å². The molecule has 29 heavy (non-hydrogen) atoms. The van der Waals surface area contributed by atoms with Crippen molar-refractivity contribution in [3.63, 3.8) is 0 Å². The minimum Gasteiger partial charge on any atom is -0.489 e. The molecule has 4 rings (SSSR count). The van der Waals surface area contributed by atoms with Gasteiger partial charge in [-0.1, -0.05) is 0 Å². The highest BCUT2D eigenvalue weighted by atomic mass is 16.5. The average Bonchev–Trinajstić information content (AvgIpc) is 3.06. The van der Waals surface area contributed by atoms with Gasteiger partial charge in [-0.3, -0.25) is 19.7 Å². The number of hydrogen-bond donors (Lipinski definition) is 2. The lowest BCUT2D eigenvalue weighted by Gasteiger charge is -2.31. The first-order valence-corrected chi connectivity index (χ1v) is 9.98. The van der Waals surface area contributed by atoms with E-state index in [1.165, 1.54) is 0 Å². The molecule has 0 spiro atoms. The van der Waals surface area contributed by atoms with Gasteiger partial charge in [0.2, 0.25) is 11.8 Å². The van der Waals surface area contributed by atoms with Crippen LogP contribution in [0.4, 0.5) is 5.69 Å². The maximum atomic E-state index is 13.1. The Balaban J connectivity index is 1.64. The maximum Gasteiger partial charge on any atom is 0.255 e. The molecule has 0 aromatic heterocycles. The van der Waals surface area contributed by atoms with Gasteiger partial charge in [-0.15, -0.1) is 0 Å². The third kappa shape index (κ3) is 3.79. The summed E-state index contributed by atoms with van der Waals surface area (Å²) in [6.07, 6.45) is 0.578. The standard InChI is InChI=1S/C20H26N4O5/c1-28-10-11-29-18-14-12-24(16-4-5-17(25)22-19(16)26)20(27)13(14)2-3-15(18)23-8-6-21-7-9-23/h2-3,16,21H,4-12H2,1H3,(H,22,25,26). The van der Waals surface area contributed by atoms with Gasteiger partial charge < -0.3 is 24.6 Å². The number of piperidine rings is 1. The van der Waals surface area contributed by atoms with Crippen LogP contribution in [0.25, 0.3) is 0 Å². The summed E-state index contributed by atoms with van der Waals surface area (Å²) >= 11 is 0. The van der Waals surface area contributed by atoms with Crippen LogP contribution in [0.1, 0.15) is 28.8 Å². The molecule has 2 saturated heterocycles. The van der Waals surface area contributed by atoms with Crippen LogP contribution in [0.2, 0.25) is 0 Å². The molecule has 1 aromatic rings. The Morgan fingerprint density at radius 2 is 1.93 bits per heavy atom. The van der Waals surface area contributed by atoms with Crippen molar-refractivity contribution < 1.29 is 23.9 Å². The van der Waals surface area contributed by atoms with Gasteiger partial charge in [0, 0.05) is 50.8 Å². The van der Waals surface area contributed by atoms with Crippen LogP contribution in [0.3, 0.4) is 0 Å². The van der Waals surface area contributed by atoms with Crippen LogP contribution in [0, 0.1) is 0 Å². The highest BCUT2D eigenvalue weighted by molar-refractivity contribution is 6.06. The van der Waals surface area contributed by atoms with Crippen molar-refractivity contribution in [2.24, 2.45) is 0 Å². The van der Waals surface area contributed by atoms with E-state index in [1.54, 1.807) is 12.0 Å². The lowest BCUT2D eigenvalue weighted by molar-refractivity contribution is -0.136. The Bertz CT molecular complexity index is 821. The summed E-state index contributed by atoms with van der Waals surface area (Å²) in [7, 11) is 1.62. The first kappa shape index (κ1) is 19.7. The van der Waals surface area contributed by atoms with Gasteiger partial charge in [0.15, 0.2) is 0 Å². The molecule has 9 heteroatoms. The van der Waals surface area contributed by atoms with E-state index in [-0.39, 0.29) is 18.2 Å². The van der Waals surface area contributed by atoms with E-state index < -0.39 is 11.9 Å². The summed E-state index contributed by atoms with van der Waals surface area (Å²) in [6, 6.07) is 3.12. The van der Waals surface area contributed by atoms with Gasteiger partial charge in [0.25, 0.3) is 5.91 Å².